The molecule has 1 amide bonds. The minimum absolute atomic E-state index is 0.180. The maximum atomic E-state index is 13.0. The number of hydrogen-bond acceptors (Lipinski definition) is 4. The lowest BCUT2D eigenvalue weighted by atomic mass is 10.2. The van der Waals surface area contributed by atoms with E-state index in [-0.39, 0.29) is 21.7 Å². The third-order valence-electron chi connectivity index (χ3n) is 4.67. The second kappa shape index (κ2) is 10.7. The van der Waals surface area contributed by atoms with Crippen molar-refractivity contribution in [3.05, 3.63) is 88.9 Å². The Bertz CT molecular complexity index is 1250. The van der Waals surface area contributed by atoms with Gasteiger partial charge in [0.2, 0.25) is 5.91 Å². The predicted molar refractivity (Wildman–Crippen MR) is 130 cm³/mol. The van der Waals surface area contributed by atoms with Gasteiger partial charge in [-0.1, -0.05) is 41.9 Å². The van der Waals surface area contributed by atoms with Gasteiger partial charge in [-0.05, 0) is 55.0 Å². The zero-order valence-corrected chi connectivity index (χ0v) is 20.2. The summed E-state index contributed by atoms with van der Waals surface area (Å²) in [6.07, 6.45) is -4.73. The number of sulfonamides is 1. The molecule has 11 heteroatoms. The second-order valence-electron chi connectivity index (χ2n) is 7.25. The minimum atomic E-state index is -4.73. The van der Waals surface area contributed by atoms with Crippen LogP contribution in [0.4, 0.5) is 24.5 Å². The van der Waals surface area contributed by atoms with Gasteiger partial charge in [-0.25, -0.2) is 8.42 Å². The smallest absolute Gasteiger partial charge is 0.325 e. The molecule has 1 atom stereocenters. The van der Waals surface area contributed by atoms with Crippen molar-refractivity contribution in [2.75, 3.05) is 10.0 Å². The quantitative estimate of drug-likeness (QED) is 0.354. The molecule has 3 aromatic carbocycles. The summed E-state index contributed by atoms with van der Waals surface area (Å²) in [4.78, 5) is 12.3. The van der Waals surface area contributed by atoms with Gasteiger partial charge in [-0.15, -0.1) is 11.8 Å². The normalized spacial score (nSPS) is 12.7. The van der Waals surface area contributed by atoms with E-state index in [1.807, 2.05) is 30.3 Å². The van der Waals surface area contributed by atoms with Crippen molar-refractivity contribution in [3.8, 4) is 0 Å². The highest BCUT2D eigenvalue weighted by Gasteiger charge is 2.33. The summed E-state index contributed by atoms with van der Waals surface area (Å²) < 4.78 is 66.4. The first-order valence-corrected chi connectivity index (χ1v) is 12.8. The van der Waals surface area contributed by atoms with E-state index in [4.69, 9.17) is 11.6 Å². The van der Waals surface area contributed by atoms with Gasteiger partial charge in [-0.3, -0.25) is 9.52 Å². The standard InChI is InChI=1S/C23H20ClF3N2O3S2/c1-15(33-14-16-5-3-2-4-6-16)22(30)28-17-7-10-19(11-8-17)34(31,32)29-18-9-12-21(24)20(13-18)23(25,26)27/h2-13,15,29H,14H2,1H3,(H,28,30)/t15-/m0/s1. The Balaban J connectivity index is 1.63. The van der Waals surface area contributed by atoms with E-state index in [9.17, 15) is 26.4 Å². The van der Waals surface area contributed by atoms with Crippen LogP contribution in [-0.2, 0) is 26.7 Å². The first-order valence-electron chi connectivity index (χ1n) is 9.92. The van der Waals surface area contributed by atoms with Gasteiger partial charge in [-0.2, -0.15) is 13.2 Å². The monoisotopic (exact) mass is 528 g/mol. The summed E-state index contributed by atoms with van der Waals surface area (Å²) in [5.74, 6) is 0.425. The van der Waals surface area contributed by atoms with Crippen LogP contribution >= 0.6 is 23.4 Å². The van der Waals surface area contributed by atoms with E-state index >= 15 is 0 Å². The lowest BCUT2D eigenvalue weighted by molar-refractivity contribution is -0.137. The number of benzene rings is 3. The Labute approximate surface area is 204 Å². The molecule has 0 saturated carbocycles. The summed E-state index contributed by atoms with van der Waals surface area (Å²) in [7, 11) is -4.17. The maximum Gasteiger partial charge on any atom is 0.417 e. The molecule has 0 aliphatic heterocycles. The van der Waals surface area contributed by atoms with E-state index in [2.05, 4.69) is 10.0 Å². The first kappa shape index (κ1) is 25.9. The lowest BCUT2D eigenvalue weighted by Crippen LogP contribution is -2.22. The van der Waals surface area contributed by atoms with Crippen LogP contribution in [0.2, 0.25) is 5.02 Å². The Kier molecular flexibility index (Phi) is 8.17. The van der Waals surface area contributed by atoms with Crippen LogP contribution in [0.5, 0.6) is 0 Å². The zero-order chi connectivity index (χ0) is 24.9. The molecule has 0 bridgehead atoms. The van der Waals surface area contributed by atoms with Crippen LogP contribution < -0.4 is 10.0 Å². The fraction of sp³-hybridized carbons (Fsp3) is 0.174. The molecular formula is C23H20ClF3N2O3S2. The SMILES string of the molecule is C[C@H](SCc1ccccc1)C(=O)Nc1ccc(S(=O)(=O)Nc2ccc(Cl)c(C(F)(F)F)c2)cc1. The van der Waals surface area contributed by atoms with Crippen LogP contribution in [0.15, 0.2) is 77.7 Å². The van der Waals surface area contributed by atoms with Crippen LogP contribution in [0.1, 0.15) is 18.1 Å². The topological polar surface area (TPSA) is 75.3 Å². The van der Waals surface area contributed by atoms with E-state index in [1.165, 1.54) is 36.0 Å². The number of rotatable bonds is 8. The molecule has 3 aromatic rings. The predicted octanol–water partition coefficient (Wildman–Crippen LogP) is 6.42. The molecule has 3 rings (SSSR count). The third-order valence-corrected chi connectivity index (χ3v) is 7.61. The number of hydrogen-bond donors (Lipinski definition) is 2. The number of carbonyl (C=O) groups is 1. The van der Waals surface area contributed by atoms with Crippen LogP contribution in [0.3, 0.4) is 0 Å². The van der Waals surface area contributed by atoms with Gasteiger partial charge < -0.3 is 5.32 Å². The molecule has 0 unspecified atom stereocenters. The summed E-state index contributed by atoms with van der Waals surface area (Å²) in [5, 5.41) is 1.84. The highest BCUT2D eigenvalue weighted by Crippen LogP contribution is 2.36. The lowest BCUT2D eigenvalue weighted by Gasteiger charge is -2.14. The fourth-order valence-electron chi connectivity index (χ4n) is 2.85. The molecular weight excluding hydrogens is 509 g/mol. The third kappa shape index (κ3) is 6.91. The minimum Gasteiger partial charge on any atom is -0.325 e. The maximum absolute atomic E-state index is 13.0. The zero-order valence-electron chi connectivity index (χ0n) is 17.8. The van der Waals surface area contributed by atoms with Gasteiger partial charge >= 0.3 is 6.18 Å². The molecule has 0 radical (unpaired) electrons. The van der Waals surface area contributed by atoms with Gasteiger partial charge in [0.1, 0.15) is 0 Å². The number of anilines is 2. The highest BCUT2D eigenvalue weighted by atomic mass is 35.5. The van der Waals surface area contributed by atoms with Crippen LogP contribution in [-0.4, -0.2) is 19.6 Å². The van der Waals surface area contributed by atoms with Crippen molar-refractivity contribution in [3.63, 3.8) is 0 Å². The average molecular weight is 529 g/mol. The van der Waals surface area contributed by atoms with Gasteiger partial charge in [0.15, 0.2) is 0 Å². The Morgan fingerprint density at radius 2 is 1.62 bits per heavy atom. The fourth-order valence-corrected chi connectivity index (χ4v) is 4.97. The number of halogens is 4. The average Bonchev–Trinajstić information content (AvgIpc) is 2.79. The van der Waals surface area contributed by atoms with Crippen LogP contribution in [0, 0.1) is 0 Å². The molecule has 0 fully saturated rings. The van der Waals surface area contributed by atoms with E-state index < -0.39 is 26.8 Å². The number of thioether (sulfide) groups is 1. The van der Waals surface area contributed by atoms with E-state index in [0.29, 0.717) is 17.5 Å². The number of carbonyl (C=O) groups excluding carboxylic acids is 1. The molecule has 0 heterocycles. The molecule has 180 valence electrons. The molecule has 0 aromatic heterocycles. The number of amides is 1. The Hall–Kier alpha value is -2.69. The number of alkyl halides is 3. The van der Waals surface area contributed by atoms with Crippen molar-refractivity contribution < 1.29 is 26.4 Å². The van der Waals surface area contributed by atoms with Gasteiger partial charge in [0.05, 0.1) is 20.7 Å². The molecule has 0 aliphatic carbocycles. The first-order chi connectivity index (χ1) is 16.0. The molecule has 34 heavy (non-hydrogen) atoms. The largest absolute Gasteiger partial charge is 0.417 e. The second-order valence-corrected chi connectivity index (χ2v) is 10.7. The van der Waals surface area contributed by atoms with Crippen molar-refractivity contribution in [2.24, 2.45) is 0 Å². The summed E-state index contributed by atoms with van der Waals surface area (Å²) >= 11 is 7.03. The van der Waals surface area contributed by atoms with Gasteiger partial charge in [0, 0.05) is 17.1 Å². The van der Waals surface area contributed by atoms with E-state index in [0.717, 1.165) is 17.7 Å². The Morgan fingerprint density at radius 1 is 1.00 bits per heavy atom. The van der Waals surface area contributed by atoms with Gasteiger partial charge in [0.25, 0.3) is 10.0 Å². The molecule has 5 nitrogen and oxygen atoms in total. The summed E-state index contributed by atoms with van der Waals surface area (Å²) in [6.45, 7) is 1.77. The number of nitrogens with one attached hydrogen (secondary N) is 2. The van der Waals surface area contributed by atoms with E-state index in [1.54, 1.807) is 6.92 Å². The highest BCUT2D eigenvalue weighted by molar-refractivity contribution is 7.99. The molecule has 0 saturated heterocycles. The molecule has 0 aliphatic rings. The Morgan fingerprint density at radius 3 is 2.24 bits per heavy atom. The van der Waals surface area contributed by atoms with Crippen LogP contribution in [0.25, 0.3) is 0 Å². The molecule has 0 spiro atoms. The van der Waals surface area contributed by atoms with Crippen molar-refractivity contribution in [1.29, 1.82) is 0 Å². The van der Waals surface area contributed by atoms with Crippen molar-refractivity contribution in [1.82, 2.24) is 0 Å². The molecule has 2 N–H and O–H groups in total. The van der Waals surface area contributed by atoms with Crippen molar-refractivity contribution in [2.45, 2.75) is 29.0 Å². The summed E-state index contributed by atoms with van der Waals surface area (Å²) in [6, 6.07) is 17.8. The van der Waals surface area contributed by atoms with Crippen molar-refractivity contribution >= 4 is 50.7 Å². The summed E-state index contributed by atoms with van der Waals surface area (Å²) in [5.41, 5.74) is 0.0595.